The van der Waals surface area contributed by atoms with Crippen LogP contribution in [0.1, 0.15) is 47.9 Å². The van der Waals surface area contributed by atoms with Crippen molar-refractivity contribution in [2.45, 2.75) is 35.4 Å². The first kappa shape index (κ1) is 26.8. The maximum absolute atomic E-state index is 13.8. The zero-order valence-electron chi connectivity index (χ0n) is 20.7. The van der Waals surface area contributed by atoms with Crippen LogP contribution < -0.4 is 5.32 Å². The number of amides is 3. The number of hydrogen-bond acceptors (Lipinski definition) is 3. The topological polar surface area (TPSA) is 66.5 Å². The van der Waals surface area contributed by atoms with E-state index in [1.807, 2.05) is 48.5 Å². The third-order valence-corrected chi connectivity index (χ3v) is 10.7. The smallest absolute Gasteiger partial charge is 0.235 e. The Morgan fingerprint density at radius 1 is 0.821 bits per heavy atom. The van der Waals surface area contributed by atoms with Crippen LogP contribution in [-0.2, 0) is 24.1 Å². The Hall–Kier alpha value is -2.38. The van der Waals surface area contributed by atoms with E-state index in [0.717, 1.165) is 26.7 Å². The summed E-state index contributed by atoms with van der Waals surface area (Å²) in [6.07, 6.45) is 2.20. The summed E-state index contributed by atoms with van der Waals surface area (Å²) < 4.78 is 0.758. The number of likely N-dealkylation sites (tertiary alicyclic amines) is 1. The lowest BCUT2D eigenvalue weighted by Gasteiger charge is -2.54. The van der Waals surface area contributed by atoms with Gasteiger partial charge in [-0.1, -0.05) is 66.6 Å². The van der Waals surface area contributed by atoms with Crippen molar-refractivity contribution in [2.75, 3.05) is 11.9 Å². The highest BCUT2D eigenvalue weighted by atomic mass is 79.9. The normalized spacial score (nSPS) is 26.3. The molecule has 9 heteroatoms. The number of rotatable bonds is 7. The monoisotopic (exact) mass is 644 g/mol. The van der Waals surface area contributed by atoms with Crippen LogP contribution in [0.5, 0.6) is 0 Å². The second-order valence-corrected chi connectivity index (χ2v) is 12.7. The third kappa shape index (κ3) is 3.98. The molecule has 3 aromatic carbocycles. The summed E-state index contributed by atoms with van der Waals surface area (Å²) in [6.45, 7) is 0.265. The average Bonchev–Trinajstić information content (AvgIpc) is 3.19. The van der Waals surface area contributed by atoms with Gasteiger partial charge >= 0.3 is 0 Å². The number of halogens is 4. The summed E-state index contributed by atoms with van der Waals surface area (Å²) in [4.78, 5) is 39.0. The molecule has 1 heterocycles. The van der Waals surface area contributed by atoms with Gasteiger partial charge in [-0.05, 0) is 69.2 Å². The van der Waals surface area contributed by atoms with E-state index in [1.54, 1.807) is 18.2 Å². The molecule has 4 aliphatic rings. The van der Waals surface area contributed by atoms with Crippen LogP contribution in [0.25, 0.3) is 0 Å². The van der Waals surface area contributed by atoms with E-state index >= 15 is 0 Å². The number of unbranched alkanes of at least 4 members (excludes halogenated alkanes) is 2. The van der Waals surface area contributed by atoms with Gasteiger partial charge < -0.3 is 5.32 Å². The van der Waals surface area contributed by atoms with Gasteiger partial charge in [-0.3, -0.25) is 19.3 Å². The van der Waals surface area contributed by atoms with E-state index in [1.165, 1.54) is 4.90 Å². The van der Waals surface area contributed by atoms with Gasteiger partial charge in [0.25, 0.3) is 0 Å². The number of nitrogens with one attached hydrogen (secondary N) is 1. The minimum Gasteiger partial charge on any atom is -0.326 e. The molecule has 39 heavy (non-hydrogen) atoms. The van der Waals surface area contributed by atoms with E-state index < -0.39 is 21.6 Å². The third-order valence-electron chi connectivity index (χ3n) is 8.17. The highest BCUT2D eigenvalue weighted by molar-refractivity contribution is 9.10. The maximum atomic E-state index is 13.8. The minimum atomic E-state index is -1.16. The second-order valence-electron chi connectivity index (χ2n) is 10.3. The molecular weight excluding hydrogens is 623 g/mol. The molecule has 1 saturated heterocycles. The number of nitrogens with zero attached hydrogens (tertiary/aromatic N) is 1. The van der Waals surface area contributed by atoms with E-state index in [-0.39, 0.29) is 24.3 Å². The molecule has 1 N–H and O–H groups in total. The number of carbonyl (C=O) groups is 3. The average molecular weight is 647 g/mol. The quantitative estimate of drug-likeness (QED) is 0.168. The lowest BCUT2D eigenvalue weighted by molar-refractivity contribution is -0.140. The van der Waals surface area contributed by atoms with Crippen molar-refractivity contribution in [1.29, 1.82) is 0 Å². The Kier molecular flexibility index (Phi) is 6.82. The molecule has 5 nitrogen and oxygen atoms in total. The van der Waals surface area contributed by atoms with Crippen LogP contribution in [0.15, 0.2) is 71.2 Å². The number of benzene rings is 3. The molecule has 0 unspecified atom stereocenters. The zero-order chi connectivity index (χ0) is 27.5. The summed E-state index contributed by atoms with van der Waals surface area (Å²) in [7, 11) is 0. The fourth-order valence-electron chi connectivity index (χ4n) is 6.47. The Morgan fingerprint density at radius 2 is 1.33 bits per heavy atom. The Labute approximate surface area is 249 Å². The predicted octanol–water partition coefficient (Wildman–Crippen LogP) is 7.19. The van der Waals surface area contributed by atoms with Crippen molar-refractivity contribution in [1.82, 2.24) is 4.90 Å². The summed E-state index contributed by atoms with van der Waals surface area (Å²) in [5.74, 6) is -2.24. The summed E-state index contributed by atoms with van der Waals surface area (Å²) in [5.41, 5.74) is 3.81. The van der Waals surface area contributed by atoms with Crippen LogP contribution in [0, 0.1) is 11.8 Å². The van der Waals surface area contributed by atoms with Gasteiger partial charge in [-0.15, -0.1) is 23.2 Å². The Bertz CT molecular complexity index is 1410. The van der Waals surface area contributed by atoms with Crippen LogP contribution in [0.4, 0.5) is 5.69 Å². The largest absolute Gasteiger partial charge is 0.326 e. The molecule has 7 rings (SSSR count). The fourth-order valence-corrected chi connectivity index (χ4v) is 8.00. The first-order chi connectivity index (χ1) is 18.7. The van der Waals surface area contributed by atoms with Crippen LogP contribution >= 0.6 is 50.7 Å². The fraction of sp³-hybridized carbons (Fsp3) is 0.300. The number of carbonyl (C=O) groups excluding carboxylic acids is 3. The van der Waals surface area contributed by atoms with Gasteiger partial charge in [0.05, 0.1) is 16.9 Å². The Balaban J connectivity index is 1.15. The van der Waals surface area contributed by atoms with Crippen LogP contribution in [0.2, 0.25) is 5.02 Å². The summed E-state index contributed by atoms with van der Waals surface area (Å²) >= 11 is 24.3. The Morgan fingerprint density at radius 3 is 1.82 bits per heavy atom. The molecule has 0 radical (unpaired) electrons. The molecule has 0 aromatic heterocycles. The molecule has 3 aliphatic carbocycles. The van der Waals surface area contributed by atoms with E-state index in [9.17, 15) is 14.4 Å². The lowest BCUT2D eigenvalue weighted by atomic mass is 9.54. The van der Waals surface area contributed by atoms with Crippen LogP contribution in [-0.4, -0.2) is 29.2 Å². The van der Waals surface area contributed by atoms with Gasteiger partial charge in [0, 0.05) is 23.1 Å². The first-order valence-electron chi connectivity index (χ1n) is 12.9. The standard InChI is InChI=1S/C30H24BrCl3N2O3/c31-22-14-13-17(16-23(22)32)35-24(37)12-2-1-7-15-36-27(38)25-26(28(36)39)30(34)19-9-4-3-8-18(19)29(25,33)20-10-5-6-11-21(20)30/h3-6,8-11,13-14,16,25-26H,1-2,7,12,15H2,(H,35,37)/t25-,26-,29?,30?/m0/s1. The first-order valence-corrected chi connectivity index (χ1v) is 14.8. The SMILES string of the molecule is O=C(CCCCCN1C(=O)[C@@H]2[C@@H](C1=O)C1(Cl)c3ccccc3C2(Cl)c2ccccc21)Nc1ccc(Br)c(Cl)c1. The van der Waals surface area contributed by atoms with E-state index in [4.69, 9.17) is 34.8 Å². The van der Waals surface area contributed by atoms with E-state index in [0.29, 0.717) is 36.4 Å². The van der Waals surface area contributed by atoms with Crippen molar-refractivity contribution < 1.29 is 14.4 Å². The van der Waals surface area contributed by atoms with Crippen molar-refractivity contribution >= 4 is 74.1 Å². The molecule has 3 amide bonds. The van der Waals surface area contributed by atoms with Gasteiger partial charge in [-0.2, -0.15) is 0 Å². The van der Waals surface area contributed by atoms with Gasteiger partial charge in [-0.25, -0.2) is 0 Å². The van der Waals surface area contributed by atoms with Gasteiger partial charge in [0.2, 0.25) is 17.7 Å². The molecule has 3 aromatic rings. The number of imide groups is 1. The zero-order valence-corrected chi connectivity index (χ0v) is 24.6. The van der Waals surface area contributed by atoms with Crippen molar-refractivity contribution in [3.63, 3.8) is 0 Å². The maximum Gasteiger partial charge on any atom is 0.235 e. The molecule has 1 aliphatic heterocycles. The highest BCUT2D eigenvalue weighted by Crippen LogP contribution is 2.69. The molecular formula is C30H24BrCl3N2O3. The molecule has 0 spiro atoms. The minimum absolute atomic E-state index is 0.118. The van der Waals surface area contributed by atoms with Crippen molar-refractivity contribution in [3.05, 3.63) is 98.5 Å². The lowest BCUT2D eigenvalue weighted by Crippen LogP contribution is -2.57. The highest BCUT2D eigenvalue weighted by Gasteiger charge is 2.72. The molecule has 2 atom stereocenters. The van der Waals surface area contributed by atoms with Crippen molar-refractivity contribution in [2.24, 2.45) is 11.8 Å². The number of anilines is 1. The van der Waals surface area contributed by atoms with Gasteiger partial charge in [0.15, 0.2) is 0 Å². The summed E-state index contributed by atoms with van der Waals surface area (Å²) in [5, 5.41) is 3.36. The van der Waals surface area contributed by atoms with E-state index in [2.05, 4.69) is 21.2 Å². The second kappa shape index (κ2) is 9.91. The van der Waals surface area contributed by atoms with Crippen LogP contribution in [0.3, 0.4) is 0 Å². The molecule has 1 fully saturated rings. The van der Waals surface area contributed by atoms with Crippen molar-refractivity contribution in [3.8, 4) is 0 Å². The van der Waals surface area contributed by atoms with Gasteiger partial charge in [0.1, 0.15) is 9.75 Å². The molecule has 0 saturated carbocycles. The number of hydrogen-bond donors (Lipinski definition) is 1. The number of alkyl halides is 2. The predicted molar refractivity (Wildman–Crippen MR) is 156 cm³/mol. The molecule has 2 bridgehead atoms. The molecule has 200 valence electrons. The summed E-state index contributed by atoms with van der Waals surface area (Å²) in [6, 6.07) is 20.5.